The highest BCUT2D eigenvalue weighted by Gasteiger charge is 2.04. The molecule has 0 N–H and O–H groups in total. The quantitative estimate of drug-likeness (QED) is 0.548. The number of benzene rings is 1. The van der Waals surface area contributed by atoms with Crippen molar-refractivity contribution in [3.63, 3.8) is 0 Å². The van der Waals surface area contributed by atoms with Crippen LogP contribution in [-0.4, -0.2) is 5.43 Å². The van der Waals surface area contributed by atoms with Gasteiger partial charge in [0.15, 0.2) is 0 Å². The Kier molecular flexibility index (Phi) is 3.53. The molecule has 1 aromatic carbocycles. The van der Waals surface area contributed by atoms with Crippen molar-refractivity contribution < 1.29 is 9.53 Å². The first kappa shape index (κ1) is 9.81. The van der Waals surface area contributed by atoms with Crippen molar-refractivity contribution in [1.29, 1.82) is 0 Å². The normalized spacial score (nSPS) is 9.31. The van der Waals surface area contributed by atoms with E-state index in [9.17, 15) is 4.79 Å². The Labute approximate surface area is 81.8 Å². The first-order valence-electron chi connectivity index (χ1n) is 3.80. The summed E-state index contributed by atoms with van der Waals surface area (Å²) in [6.45, 7) is 3.60. The second-order valence-corrected chi connectivity index (χ2v) is 2.75. The molecule has 0 saturated carbocycles. The van der Waals surface area contributed by atoms with Gasteiger partial charge < -0.3 is 4.74 Å². The van der Waals surface area contributed by atoms with E-state index in [4.69, 9.17) is 16.3 Å². The number of para-hydroxylation sites is 1. The number of rotatable bonds is 3. The van der Waals surface area contributed by atoms with Crippen LogP contribution in [0.25, 0.3) is 0 Å². The van der Waals surface area contributed by atoms with E-state index in [1.807, 2.05) is 12.1 Å². The molecule has 0 aliphatic heterocycles. The van der Waals surface area contributed by atoms with Gasteiger partial charge in [-0.3, -0.25) is 0 Å². The Morgan fingerprint density at radius 3 is 2.85 bits per heavy atom. The maximum absolute atomic E-state index is 10.5. The zero-order valence-electron chi connectivity index (χ0n) is 7.00. The predicted octanol–water partition coefficient (Wildman–Crippen LogP) is 3.15. The van der Waals surface area contributed by atoms with Gasteiger partial charge in [0.1, 0.15) is 5.75 Å². The number of allylic oxidation sites excluding steroid dienone is 1. The lowest BCUT2D eigenvalue weighted by Crippen LogP contribution is -1.99. The van der Waals surface area contributed by atoms with Crippen LogP contribution in [0, 0.1) is 0 Å². The maximum Gasteiger partial charge on any atom is 0.409 e. The first-order chi connectivity index (χ1) is 6.24. The van der Waals surface area contributed by atoms with E-state index < -0.39 is 5.43 Å². The molecule has 3 heteroatoms. The van der Waals surface area contributed by atoms with Crippen LogP contribution in [0.2, 0.25) is 0 Å². The van der Waals surface area contributed by atoms with E-state index in [1.165, 1.54) is 0 Å². The average Bonchev–Trinajstić information content (AvgIpc) is 2.08. The summed E-state index contributed by atoms with van der Waals surface area (Å²) in [5.74, 6) is 0.488. The molecule has 0 saturated heterocycles. The second-order valence-electron chi connectivity index (χ2n) is 2.44. The summed E-state index contributed by atoms with van der Waals surface area (Å²) in [6.07, 6.45) is 2.39. The molecule has 0 amide bonds. The summed E-state index contributed by atoms with van der Waals surface area (Å²) >= 11 is 5.10. The Hall–Kier alpha value is -1.28. The molecule has 0 heterocycles. The minimum Gasteiger partial charge on any atom is -0.414 e. The Morgan fingerprint density at radius 2 is 2.23 bits per heavy atom. The van der Waals surface area contributed by atoms with Gasteiger partial charge in [-0.15, -0.1) is 6.58 Å². The van der Waals surface area contributed by atoms with Gasteiger partial charge in [-0.2, -0.15) is 0 Å². The summed E-state index contributed by atoms with van der Waals surface area (Å²) < 4.78 is 4.78. The van der Waals surface area contributed by atoms with E-state index in [1.54, 1.807) is 18.2 Å². The molecule has 0 fully saturated rings. The first-order valence-corrected chi connectivity index (χ1v) is 4.18. The van der Waals surface area contributed by atoms with Gasteiger partial charge in [0, 0.05) is 11.6 Å². The summed E-state index contributed by atoms with van der Waals surface area (Å²) in [4.78, 5) is 10.5. The van der Waals surface area contributed by atoms with Crippen molar-refractivity contribution in [2.45, 2.75) is 6.42 Å². The maximum atomic E-state index is 10.5. The van der Waals surface area contributed by atoms with Gasteiger partial charge in [-0.1, -0.05) is 24.3 Å². The van der Waals surface area contributed by atoms with E-state index in [0.29, 0.717) is 12.2 Å². The molecule has 0 spiro atoms. The van der Waals surface area contributed by atoms with E-state index in [0.717, 1.165) is 5.56 Å². The molecule has 0 bridgehead atoms. The van der Waals surface area contributed by atoms with E-state index >= 15 is 0 Å². The lowest BCUT2D eigenvalue weighted by atomic mass is 10.1. The van der Waals surface area contributed by atoms with Crippen LogP contribution < -0.4 is 4.74 Å². The fourth-order valence-electron chi connectivity index (χ4n) is 1.01. The second kappa shape index (κ2) is 4.67. The van der Waals surface area contributed by atoms with E-state index in [2.05, 4.69) is 6.58 Å². The highest BCUT2D eigenvalue weighted by atomic mass is 35.5. The SMILES string of the molecule is C=CCc1ccccc1OC(=O)Cl. The van der Waals surface area contributed by atoms with Crippen molar-refractivity contribution >= 4 is 17.0 Å². The van der Waals surface area contributed by atoms with Gasteiger partial charge in [0.2, 0.25) is 0 Å². The number of halogens is 1. The topological polar surface area (TPSA) is 26.3 Å². The molecule has 0 atom stereocenters. The number of hydrogen-bond acceptors (Lipinski definition) is 2. The monoisotopic (exact) mass is 196 g/mol. The van der Waals surface area contributed by atoms with Crippen LogP contribution in [0.1, 0.15) is 5.56 Å². The van der Waals surface area contributed by atoms with Crippen molar-refractivity contribution in [3.8, 4) is 5.75 Å². The predicted molar refractivity (Wildman–Crippen MR) is 52.2 cm³/mol. The fraction of sp³-hybridized carbons (Fsp3) is 0.100. The van der Waals surface area contributed by atoms with Gasteiger partial charge >= 0.3 is 5.43 Å². The molecule has 1 aromatic rings. The van der Waals surface area contributed by atoms with Crippen LogP contribution >= 0.6 is 11.6 Å². The highest BCUT2D eigenvalue weighted by Crippen LogP contribution is 2.19. The third-order valence-corrected chi connectivity index (χ3v) is 1.60. The van der Waals surface area contributed by atoms with Gasteiger partial charge in [0.25, 0.3) is 0 Å². The van der Waals surface area contributed by atoms with Crippen molar-refractivity contribution in [2.75, 3.05) is 0 Å². The minimum atomic E-state index is -0.823. The van der Waals surface area contributed by atoms with Crippen molar-refractivity contribution in [3.05, 3.63) is 42.5 Å². The molecule has 0 radical (unpaired) electrons. The van der Waals surface area contributed by atoms with Crippen LogP contribution in [0.3, 0.4) is 0 Å². The lowest BCUT2D eigenvalue weighted by molar-refractivity contribution is 0.225. The molecule has 1 rings (SSSR count). The minimum absolute atomic E-state index is 0.488. The summed E-state index contributed by atoms with van der Waals surface area (Å²) in [7, 11) is 0. The van der Waals surface area contributed by atoms with Crippen molar-refractivity contribution in [1.82, 2.24) is 0 Å². The molecule has 0 aliphatic carbocycles. The molecule has 0 unspecified atom stereocenters. The third-order valence-electron chi connectivity index (χ3n) is 1.53. The van der Waals surface area contributed by atoms with Gasteiger partial charge in [-0.25, -0.2) is 4.79 Å². The fourth-order valence-corrected chi connectivity index (χ4v) is 1.10. The number of carbonyl (C=O) groups is 1. The van der Waals surface area contributed by atoms with Crippen LogP contribution in [0.4, 0.5) is 4.79 Å². The number of hydrogen-bond donors (Lipinski definition) is 0. The zero-order valence-corrected chi connectivity index (χ0v) is 7.75. The van der Waals surface area contributed by atoms with Crippen molar-refractivity contribution in [2.24, 2.45) is 0 Å². The molecule has 0 aliphatic rings. The van der Waals surface area contributed by atoms with Crippen LogP contribution in [0.5, 0.6) is 5.75 Å². The Morgan fingerprint density at radius 1 is 1.54 bits per heavy atom. The molecule has 68 valence electrons. The average molecular weight is 197 g/mol. The molecular formula is C10H9ClO2. The molecular weight excluding hydrogens is 188 g/mol. The standard InChI is InChI=1S/C10H9ClO2/c1-2-5-8-6-3-4-7-9(8)13-10(11)12/h2-4,6-7H,1,5H2. The Bertz CT molecular complexity index is 320. The summed E-state index contributed by atoms with van der Waals surface area (Å²) in [5.41, 5.74) is 0.0722. The largest absolute Gasteiger partial charge is 0.414 e. The van der Waals surface area contributed by atoms with Gasteiger partial charge in [0.05, 0.1) is 0 Å². The third kappa shape index (κ3) is 2.92. The van der Waals surface area contributed by atoms with Crippen LogP contribution in [0.15, 0.2) is 36.9 Å². The number of ether oxygens (including phenoxy) is 1. The Balaban J connectivity index is 2.90. The van der Waals surface area contributed by atoms with Gasteiger partial charge in [-0.05, 0) is 18.1 Å². The van der Waals surface area contributed by atoms with E-state index in [-0.39, 0.29) is 0 Å². The summed E-state index contributed by atoms with van der Waals surface area (Å²) in [6, 6.07) is 7.20. The van der Waals surface area contributed by atoms with Crippen LogP contribution in [-0.2, 0) is 6.42 Å². The highest BCUT2D eigenvalue weighted by molar-refractivity contribution is 6.61. The number of carbonyl (C=O) groups excluding carboxylic acids is 1. The lowest BCUT2D eigenvalue weighted by Gasteiger charge is -2.04. The zero-order chi connectivity index (χ0) is 9.68. The summed E-state index contributed by atoms with van der Waals surface area (Å²) in [5, 5.41) is 0. The molecule has 0 aromatic heterocycles. The molecule has 2 nitrogen and oxygen atoms in total. The smallest absolute Gasteiger partial charge is 0.409 e. The molecule has 13 heavy (non-hydrogen) atoms.